The van der Waals surface area contributed by atoms with Crippen LogP contribution in [0.15, 0.2) is 0 Å². The molecule has 4 heteroatoms. The van der Waals surface area contributed by atoms with Gasteiger partial charge in [-0.3, -0.25) is 4.79 Å². The van der Waals surface area contributed by atoms with E-state index in [1.165, 1.54) is 25.7 Å². The number of likely N-dealkylation sites (tertiary alicyclic amines) is 1. The molecule has 0 aromatic heterocycles. The highest BCUT2D eigenvalue weighted by molar-refractivity contribution is 5.77. The van der Waals surface area contributed by atoms with Gasteiger partial charge in [-0.25, -0.2) is 0 Å². The van der Waals surface area contributed by atoms with Crippen LogP contribution in [0.1, 0.15) is 44.9 Å². The highest BCUT2D eigenvalue weighted by atomic mass is 16.1. The Morgan fingerprint density at radius 1 is 1.18 bits per heavy atom. The molecule has 0 unspecified atom stereocenters. The minimum Gasteiger partial charge on any atom is -0.349 e. The SMILES string of the molecule is NCC1(NC(=O)CCN2CCCC2)CCCC1. The quantitative estimate of drug-likeness (QED) is 0.748. The number of hydrogen-bond acceptors (Lipinski definition) is 3. The molecular formula is C13H25N3O. The van der Waals surface area contributed by atoms with E-state index in [0.717, 1.165) is 32.5 Å². The third-order valence-corrected chi connectivity index (χ3v) is 4.21. The molecular weight excluding hydrogens is 214 g/mol. The number of nitrogens with one attached hydrogen (secondary N) is 1. The summed E-state index contributed by atoms with van der Waals surface area (Å²) in [5.74, 6) is 0.184. The highest BCUT2D eigenvalue weighted by Gasteiger charge is 2.33. The van der Waals surface area contributed by atoms with E-state index < -0.39 is 0 Å². The van der Waals surface area contributed by atoms with E-state index in [0.29, 0.717) is 13.0 Å². The maximum atomic E-state index is 11.9. The fourth-order valence-electron chi connectivity index (χ4n) is 3.06. The van der Waals surface area contributed by atoms with Crippen molar-refractivity contribution in [3.8, 4) is 0 Å². The molecule has 2 aliphatic rings. The number of carbonyl (C=O) groups is 1. The minimum atomic E-state index is -0.0813. The van der Waals surface area contributed by atoms with E-state index in [1.54, 1.807) is 0 Å². The van der Waals surface area contributed by atoms with Crippen molar-refractivity contribution in [1.82, 2.24) is 10.2 Å². The number of nitrogens with two attached hydrogens (primary N) is 1. The van der Waals surface area contributed by atoms with Gasteiger partial charge in [0.2, 0.25) is 5.91 Å². The Morgan fingerprint density at radius 3 is 2.41 bits per heavy atom. The van der Waals surface area contributed by atoms with E-state index in [9.17, 15) is 4.79 Å². The number of rotatable bonds is 5. The fourth-order valence-corrected chi connectivity index (χ4v) is 3.06. The summed E-state index contributed by atoms with van der Waals surface area (Å²) in [6.45, 7) is 3.82. The van der Waals surface area contributed by atoms with Gasteiger partial charge >= 0.3 is 0 Å². The number of hydrogen-bond donors (Lipinski definition) is 2. The van der Waals surface area contributed by atoms with Crippen LogP contribution in [0.25, 0.3) is 0 Å². The summed E-state index contributed by atoms with van der Waals surface area (Å²) in [6, 6.07) is 0. The normalized spacial score (nSPS) is 24.1. The molecule has 1 aliphatic heterocycles. The van der Waals surface area contributed by atoms with Gasteiger partial charge in [-0.15, -0.1) is 0 Å². The summed E-state index contributed by atoms with van der Waals surface area (Å²) >= 11 is 0. The second-order valence-corrected chi connectivity index (χ2v) is 5.54. The predicted molar refractivity (Wildman–Crippen MR) is 68.7 cm³/mol. The first kappa shape index (κ1) is 12.8. The van der Waals surface area contributed by atoms with Crippen LogP contribution in [0.4, 0.5) is 0 Å². The molecule has 0 aromatic rings. The molecule has 98 valence electrons. The van der Waals surface area contributed by atoms with Crippen molar-refractivity contribution in [3.63, 3.8) is 0 Å². The summed E-state index contributed by atoms with van der Waals surface area (Å²) < 4.78 is 0. The van der Waals surface area contributed by atoms with Crippen molar-refractivity contribution >= 4 is 5.91 Å². The van der Waals surface area contributed by atoms with Gasteiger partial charge in [0.05, 0.1) is 5.54 Å². The number of carbonyl (C=O) groups excluding carboxylic acids is 1. The summed E-state index contributed by atoms with van der Waals surface area (Å²) in [7, 11) is 0. The molecule has 2 fully saturated rings. The first-order valence-corrected chi connectivity index (χ1v) is 6.98. The van der Waals surface area contributed by atoms with Gasteiger partial charge in [-0.05, 0) is 38.8 Å². The Hall–Kier alpha value is -0.610. The Balaban J connectivity index is 1.72. The maximum Gasteiger partial charge on any atom is 0.221 e. The van der Waals surface area contributed by atoms with Gasteiger partial charge in [0.15, 0.2) is 0 Å². The molecule has 0 aromatic carbocycles. The summed E-state index contributed by atoms with van der Waals surface area (Å²) in [6.07, 6.45) is 7.70. The topological polar surface area (TPSA) is 58.4 Å². The lowest BCUT2D eigenvalue weighted by Crippen LogP contribution is -2.52. The molecule has 0 spiro atoms. The van der Waals surface area contributed by atoms with Crippen LogP contribution >= 0.6 is 0 Å². The third kappa shape index (κ3) is 3.42. The van der Waals surface area contributed by atoms with Crippen molar-refractivity contribution in [2.24, 2.45) is 5.73 Å². The average molecular weight is 239 g/mol. The van der Waals surface area contributed by atoms with Crippen molar-refractivity contribution in [2.75, 3.05) is 26.2 Å². The third-order valence-electron chi connectivity index (χ3n) is 4.21. The maximum absolute atomic E-state index is 11.9. The van der Waals surface area contributed by atoms with Crippen LogP contribution in [0, 0.1) is 0 Å². The Morgan fingerprint density at radius 2 is 1.82 bits per heavy atom. The minimum absolute atomic E-state index is 0.0813. The first-order valence-electron chi connectivity index (χ1n) is 6.98. The fraction of sp³-hybridized carbons (Fsp3) is 0.923. The molecule has 3 N–H and O–H groups in total. The zero-order valence-corrected chi connectivity index (χ0v) is 10.7. The molecule has 1 heterocycles. The zero-order valence-electron chi connectivity index (χ0n) is 10.7. The van der Waals surface area contributed by atoms with E-state index in [1.807, 2.05) is 0 Å². The van der Waals surface area contributed by atoms with E-state index in [4.69, 9.17) is 5.73 Å². The average Bonchev–Trinajstić information content (AvgIpc) is 2.98. The first-order chi connectivity index (χ1) is 8.24. The number of amides is 1. The monoisotopic (exact) mass is 239 g/mol. The van der Waals surface area contributed by atoms with Gasteiger partial charge in [0, 0.05) is 19.5 Å². The standard InChI is InChI=1S/C13H25N3O/c14-11-13(6-1-2-7-13)15-12(17)5-10-16-8-3-4-9-16/h1-11,14H2,(H,15,17). The summed E-state index contributed by atoms with van der Waals surface area (Å²) in [4.78, 5) is 14.3. The molecule has 0 bridgehead atoms. The lowest BCUT2D eigenvalue weighted by atomic mass is 9.97. The number of nitrogens with zero attached hydrogens (tertiary/aromatic N) is 1. The van der Waals surface area contributed by atoms with E-state index in [-0.39, 0.29) is 11.4 Å². The van der Waals surface area contributed by atoms with Crippen LogP contribution in [0.2, 0.25) is 0 Å². The molecule has 17 heavy (non-hydrogen) atoms. The second kappa shape index (κ2) is 5.83. The molecule has 1 saturated heterocycles. The molecule has 2 rings (SSSR count). The predicted octanol–water partition coefficient (Wildman–Crippen LogP) is 0.860. The summed E-state index contributed by atoms with van der Waals surface area (Å²) in [5, 5.41) is 3.18. The van der Waals surface area contributed by atoms with Crippen molar-refractivity contribution in [1.29, 1.82) is 0 Å². The van der Waals surface area contributed by atoms with Crippen molar-refractivity contribution < 1.29 is 4.79 Å². The van der Waals surface area contributed by atoms with Gasteiger partial charge in [-0.1, -0.05) is 12.8 Å². The molecule has 1 amide bonds. The Kier molecular flexibility index (Phi) is 4.40. The van der Waals surface area contributed by atoms with Crippen LogP contribution in [-0.4, -0.2) is 42.5 Å². The molecule has 0 radical (unpaired) electrons. The van der Waals surface area contributed by atoms with Crippen molar-refractivity contribution in [2.45, 2.75) is 50.5 Å². The van der Waals surface area contributed by atoms with Crippen molar-refractivity contribution in [3.05, 3.63) is 0 Å². The van der Waals surface area contributed by atoms with Crippen LogP contribution in [-0.2, 0) is 4.79 Å². The second-order valence-electron chi connectivity index (χ2n) is 5.54. The zero-order chi connectivity index (χ0) is 12.1. The van der Waals surface area contributed by atoms with E-state index >= 15 is 0 Å². The molecule has 0 atom stereocenters. The van der Waals surface area contributed by atoms with Gasteiger partial charge in [-0.2, -0.15) is 0 Å². The van der Waals surface area contributed by atoms with Crippen LogP contribution < -0.4 is 11.1 Å². The van der Waals surface area contributed by atoms with E-state index in [2.05, 4.69) is 10.2 Å². The van der Waals surface area contributed by atoms with Gasteiger partial charge in [0.25, 0.3) is 0 Å². The Bertz CT molecular complexity index is 255. The largest absolute Gasteiger partial charge is 0.349 e. The van der Waals surface area contributed by atoms with Crippen LogP contribution in [0.3, 0.4) is 0 Å². The van der Waals surface area contributed by atoms with Gasteiger partial charge in [0.1, 0.15) is 0 Å². The Labute approximate surface area is 104 Å². The highest BCUT2D eigenvalue weighted by Crippen LogP contribution is 2.28. The smallest absolute Gasteiger partial charge is 0.221 e. The molecule has 4 nitrogen and oxygen atoms in total. The lowest BCUT2D eigenvalue weighted by Gasteiger charge is -2.29. The lowest BCUT2D eigenvalue weighted by molar-refractivity contribution is -0.123. The van der Waals surface area contributed by atoms with Gasteiger partial charge < -0.3 is 16.0 Å². The van der Waals surface area contributed by atoms with Crippen LogP contribution in [0.5, 0.6) is 0 Å². The summed E-state index contributed by atoms with van der Waals surface area (Å²) in [5.41, 5.74) is 5.73. The molecule has 1 saturated carbocycles. The molecule has 1 aliphatic carbocycles.